The van der Waals surface area contributed by atoms with Crippen LogP contribution in [0, 0.1) is 0 Å². The third kappa shape index (κ3) is 22.4. The highest BCUT2D eigenvalue weighted by Crippen LogP contribution is 2.14. The van der Waals surface area contributed by atoms with E-state index in [1.165, 1.54) is 122 Å². The van der Waals surface area contributed by atoms with Crippen LogP contribution in [0.2, 0.25) is 0 Å². The molecule has 0 aliphatic rings. The van der Waals surface area contributed by atoms with E-state index in [1.54, 1.807) is 0 Å². The number of hydrogen-bond acceptors (Lipinski definition) is 2. The molecule has 1 N–H and O–H groups in total. The lowest BCUT2D eigenvalue weighted by molar-refractivity contribution is -0.931. The van der Waals surface area contributed by atoms with Gasteiger partial charge in [0.05, 0.1) is 26.2 Å². The van der Waals surface area contributed by atoms with E-state index >= 15 is 0 Å². The van der Waals surface area contributed by atoms with Crippen molar-refractivity contribution >= 4 is 0 Å². The molecule has 3 nitrogen and oxygen atoms in total. The van der Waals surface area contributed by atoms with Crippen molar-refractivity contribution in [2.75, 3.05) is 39.4 Å². The molecular weight excluding hydrogens is 442 g/mol. The number of hydrogen-bond donors (Lipinski definition) is 1. The highest BCUT2D eigenvalue weighted by molar-refractivity contribution is 4.81. The van der Waals surface area contributed by atoms with Gasteiger partial charge >= 0.3 is 0 Å². The van der Waals surface area contributed by atoms with Crippen LogP contribution in [0.25, 0.3) is 0 Å². The van der Waals surface area contributed by atoms with Gasteiger partial charge in [0.25, 0.3) is 0 Å². The van der Waals surface area contributed by atoms with Crippen LogP contribution >= 0.6 is 0 Å². The zero-order valence-electron chi connectivity index (χ0n) is 23.7. The third-order valence-electron chi connectivity index (χ3n) is 6.80. The van der Waals surface area contributed by atoms with Gasteiger partial charge in [-0.15, -0.1) is 0 Å². The zero-order chi connectivity index (χ0) is 24.5. The lowest BCUT2D eigenvalue weighted by atomic mass is 10.1. The topological polar surface area (TPSA) is 29.5 Å². The first kappa shape index (κ1) is 36.1. The van der Waals surface area contributed by atoms with Gasteiger partial charge in [0.2, 0.25) is 0 Å². The monoisotopic (exact) mass is 503 g/mol. The summed E-state index contributed by atoms with van der Waals surface area (Å²) in [6, 6.07) is 0. The molecule has 1 unspecified atom stereocenters. The van der Waals surface area contributed by atoms with Crippen molar-refractivity contribution in [2.24, 2.45) is 0 Å². The van der Waals surface area contributed by atoms with Gasteiger partial charge in [-0.2, -0.15) is 0 Å². The van der Waals surface area contributed by atoms with Gasteiger partial charge in [-0.3, -0.25) is 0 Å². The Morgan fingerprint density at radius 1 is 0.618 bits per heavy atom. The lowest BCUT2D eigenvalue weighted by Gasteiger charge is -2.39. The Hall–Kier alpha value is -0.0900. The van der Waals surface area contributed by atoms with Crippen LogP contribution in [0.4, 0.5) is 0 Å². The van der Waals surface area contributed by atoms with Crippen molar-refractivity contribution in [2.45, 2.75) is 143 Å². The number of halogens is 1. The Kier molecular flexibility index (Phi) is 29.2. The van der Waals surface area contributed by atoms with Crippen molar-refractivity contribution in [3.63, 3.8) is 0 Å². The maximum atomic E-state index is 10.6. The van der Waals surface area contributed by atoms with Crippen molar-refractivity contribution in [3.8, 4) is 0 Å². The van der Waals surface area contributed by atoms with Crippen molar-refractivity contribution in [1.82, 2.24) is 0 Å². The second-order valence-corrected chi connectivity index (χ2v) is 10.4. The molecule has 0 radical (unpaired) electrons. The Morgan fingerprint density at radius 2 is 1.06 bits per heavy atom. The third-order valence-corrected chi connectivity index (χ3v) is 6.80. The van der Waals surface area contributed by atoms with Crippen molar-refractivity contribution in [3.05, 3.63) is 12.2 Å². The van der Waals surface area contributed by atoms with E-state index in [0.29, 0.717) is 6.61 Å². The molecule has 34 heavy (non-hydrogen) atoms. The molecule has 0 spiro atoms. The summed E-state index contributed by atoms with van der Waals surface area (Å²) in [7, 11) is 0. The summed E-state index contributed by atoms with van der Waals surface area (Å²) in [6.45, 7) is 14.7. The predicted molar refractivity (Wildman–Crippen MR) is 147 cm³/mol. The molecule has 0 fully saturated rings. The molecule has 0 aromatic rings. The van der Waals surface area contributed by atoms with Crippen LogP contribution in [0.5, 0.6) is 0 Å². The predicted octanol–water partition coefficient (Wildman–Crippen LogP) is 5.45. The molecule has 0 saturated carbocycles. The normalized spacial score (nSPS) is 12.9. The lowest BCUT2D eigenvalue weighted by Crippen LogP contribution is -3.00. The molecular formula is C30H62ClNO2. The summed E-state index contributed by atoms with van der Waals surface area (Å²) >= 11 is 0. The SMILES string of the molecule is CCCCCCCCC=CCCCCCCCCOCC(O)C[N+](CCC)(CCC)CCC.[Cl-]. The van der Waals surface area contributed by atoms with E-state index in [2.05, 4.69) is 39.8 Å². The van der Waals surface area contributed by atoms with E-state index < -0.39 is 0 Å². The second kappa shape index (κ2) is 27.5. The molecule has 0 aliphatic heterocycles. The molecule has 1 atom stereocenters. The number of nitrogens with zero attached hydrogens (tertiary/aromatic N) is 1. The molecule has 0 heterocycles. The van der Waals surface area contributed by atoms with Crippen LogP contribution in [0.15, 0.2) is 12.2 Å². The fraction of sp³-hybridized carbons (Fsp3) is 0.933. The molecule has 0 aromatic heterocycles. The van der Waals surface area contributed by atoms with E-state index in [-0.39, 0.29) is 18.5 Å². The molecule has 0 saturated heterocycles. The summed E-state index contributed by atoms with van der Waals surface area (Å²) in [6.07, 6.45) is 26.7. The smallest absolute Gasteiger partial charge is 0.126 e. The minimum atomic E-state index is -0.330. The Morgan fingerprint density at radius 3 is 1.53 bits per heavy atom. The highest BCUT2D eigenvalue weighted by Gasteiger charge is 2.28. The number of rotatable bonds is 26. The van der Waals surface area contributed by atoms with Crippen molar-refractivity contribution in [1.29, 1.82) is 0 Å². The Balaban J connectivity index is 0. The average molecular weight is 504 g/mol. The number of unbranched alkanes of at least 4 members (excludes halogenated alkanes) is 12. The maximum Gasteiger partial charge on any atom is 0.126 e. The fourth-order valence-electron chi connectivity index (χ4n) is 5.20. The summed E-state index contributed by atoms with van der Waals surface area (Å²) in [5.41, 5.74) is 0. The maximum absolute atomic E-state index is 10.6. The van der Waals surface area contributed by atoms with Crippen molar-refractivity contribution < 1.29 is 26.7 Å². The van der Waals surface area contributed by atoms with E-state index in [9.17, 15) is 5.11 Å². The molecule has 4 heteroatoms. The standard InChI is InChI=1S/C30H62NO2.ClH/c1-5-9-10-11-12-13-14-15-16-17-18-19-20-21-22-23-27-33-29-30(32)28-31(24-6-2,25-7-3)26-8-4;/h15-16,30,32H,5-14,17-29H2,1-4H3;1H/q+1;/p-1. The van der Waals surface area contributed by atoms with E-state index in [4.69, 9.17) is 4.74 Å². The minimum absolute atomic E-state index is 0. The van der Waals surface area contributed by atoms with Gasteiger partial charge in [-0.25, -0.2) is 0 Å². The number of aliphatic hydroxyl groups is 1. The van der Waals surface area contributed by atoms with Gasteiger partial charge in [-0.1, -0.05) is 97.6 Å². The summed E-state index contributed by atoms with van der Waals surface area (Å²) in [4.78, 5) is 0. The Labute approximate surface area is 221 Å². The molecule has 206 valence electrons. The van der Waals surface area contributed by atoms with Crippen LogP contribution in [0.3, 0.4) is 0 Å². The zero-order valence-corrected chi connectivity index (χ0v) is 24.4. The van der Waals surface area contributed by atoms with Crippen LogP contribution in [-0.4, -0.2) is 55.1 Å². The number of aliphatic hydroxyl groups excluding tert-OH is 1. The van der Waals surface area contributed by atoms with Crippen LogP contribution in [-0.2, 0) is 4.74 Å². The second-order valence-electron chi connectivity index (χ2n) is 10.4. The first-order valence-corrected chi connectivity index (χ1v) is 14.9. The highest BCUT2D eigenvalue weighted by atomic mass is 35.5. The number of ether oxygens (including phenoxy) is 1. The number of quaternary nitrogens is 1. The van der Waals surface area contributed by atoms with Crippen LogP contribution < -0.4 is 12.4 Å². The molecule has 0 aromatic carbocycles. The molecule has 0 rings (SSSR count). The molecule has 0 amide bonds. The average Bonchev–Trinajstić information content (AvgIpc) is 2.78. The Bertz CT molecular complexity index is 400. The van der Waals surface area contributed by atoms with Gasteiger partial charge in [0, 0.05) is 6.61 Å². The van der Waals surface area contributed by atoms with Gasteiger partial charge < -0.3 is 26.7 Å². The van der Waals surface area contributed by atoms with Crippen LogP contribution in [0.1, 0.15) is 137 Å². The number of allylic oxidation sites excluding steroid dienone is 2. The fourth-order valence-corrected chi connectivity index (χ4v) is 5.20. The van der Waals surface area contributed by atoms with E-state index in [1.807, 2.05) is 0 Å². The van der Waals surface area contributed by atoms with Gasteiger partial charge in [-0.05, 0) is 51.4 Å². The molecule has 0 bridgehead atoms. The van der Waals surface area contributed by atoms with E-state index in [0.717, 1.165) is 24.1 Å². The first-order chi connectivity index (χ1) is 16.1. The van der Waals surface area contributed by atoms with Gasteiger partial charge in [0.1, 0.15) is 12.6 Å². The first-order valence-electron chi connectivity index (χ1n) is 14.9. The van der Waals surface area contributed by atoms with Gasteiger partial charge in [0.15, 0.2) is 0 Å². The summed E-state index contributed by atoms with van der Waals surface area (Å²) < 4.78 is 6.88. The minimum Gasteiger partial charge on any atom is -1.00 e. The molecule has 0 aliphatic carbocycles. The summed E-state index contributed by atoms with van der Waals surface area (Å²) in [5, 5.41) is 10.6. The largest absolute Gasteiger partial charge is 1.00 e. The summed E-state index contributed by atoms with van der Waals surface area (Å²) in [5.74, 6) is 0. The quantitative estimate of drug-likeness (QED) is 0.0965.